The molecule has 0 aliphatic carbocycles. The normalized spacial score (nSPS) is 11.8. The van der Waals surface area contributed by atoms with Gasteiger partial charge in [0.05, 0.1) is 5.69 Å². The molecule has 29 heavy (non-hydrogen) atoms. The Kier molecular flexibility index (Phi) is 12.9. The van der Waals surface area contributed by atoms with Crippen LogP contribution in [0.4, 0.5) is 4.79 Å². The fraction of sp³-hybridized carbons (Fsp3) is 0.750. The van der Waals surface area contributed by atoms with Crippen LogP contribution in [-0.2, 0) is 11.3 Å². The zero-order valence-electron chi connectivity index (χ0n) is 18.9. The second-order valence-electron chi connectivity index (χ2n) is 7.76. The Morgan fingerprint density at radius 2 is 1.93 bits per heavy atom. The van der Waals surface area contributed by atoms with E-state index in [9.17, 15) is 4.79 Å². The van der Waals surface area contributed by atoms with Crippen molar-refractivity contribution in [3.05, 3.63) is 17.5 Å². The minimum absolute atomic E-state index is 0. The molecule has 0 fully saturated rings. The van der Waals surface area contributed by atoms with E-state index in [-0.39, 0.29) is 30.1 Å². The van der Waals surface area contributed by atoms with Crippen LogP contribution in [0.15, 0.2) is 15.6 Å². The van der Waals surface area contributed by atoms with Gasteiger partial charge in [0, 0.05) is 38.7 Å². The summed E-state index contributed by atoms with van der Waals surface area (Å²) < 4.78 is 10.8. The summed E-state index contributed by atoms with van der Waals surface area (Å²) in [6.45, 7) is 14.1. The Balaban J connectivity index is 0.00000784. The third kappa shape index (κ3) is 10.7. The standard InChI is InChI=1S/C20H37N5O3.HI/c1-8-15(9-2)17-13-16(28-24-17)14-23-18(21-10-3)22-11-12-25(7)19(26)27-20(4,5)6;/h13,15H,8-12,14H2,1-7H3,(H2,21,22,23);1H. The highest BCUT2D eigenvalue weighted by Gasteiger charge is 2.19. The number of hydrogen-bond acceptors (Lipinski definition) is 5. The smallest absolute Gasteiger partial charge is 0.410 e. The lowest BCUT2D eigenvalue weighted by molar-refractivity contribution is 0.0302. The number of carbonyl (C=O) groups is 1. The molecule has 9 heteroatoms. The molecule has 0 atom stereocenters. The maximum atomic E-state index is 12.0. The summed E-state index contributed by atoms with van der Waals surface area (Å²) in [5.41, 5.74) is 0.492. The molecular weight excluding hydrogens is 485 g/mol. The van der Waals surface area contributed by atoms with Crippen LogP contribution in [0.5, 0.6) is 0 Å². The van der Waals surface area contributed by atoms with Crippen LogP contribution in [0.2, 0.25) is 0 Å². The van der Waals surface area contributed by atoms with Crippen molar-refractivity contribution in [2.75, 3.05) is 26.7 Å². The minimum Gasteiger partial charge on any atom is -0.444 e. The van der Waals surface area contributed by atoms with E-state index < -0.39 is 5.60 Å². The molecule has 0 aliphatic heterocycles. The van der Waals surface area contributed by atoms with Gasteiger partial charge in [0.2, 0.25) is 0 Å². The number of ether oxygens (including phenoxy) is 1. The van der Waals surface area contributed by atoms with Crippen molar-refractivity contribution in [2.24, 2.45) is 4.99 Å². The zero-order valence-corrected chi connectivity index (χ0v) is 21.2. The molecule has 1 aromatic heterocycles. The van der Waals surface area contributed by atoms with Crippen molar-refractivity contribution in [3.63, 3.8) is 0 Å². The number of likely N-dealkylation sites (N-methyl/N-ethyl adjacent to an activating group) is 1. The molecule has 1 aromatic rings. The van der Waals surface area contributed by atoms with Gasteiger partial charge < -0.3 is 24.8 Å². The van der Waals surface area contributed by atoms with Crippen LogP contribution >= 0.6 is 24.0 Å². The predicted octanol–water partition coefficient (Wildman–Crippen LogP) is 4.12. The van der Waals surface area contributed by atoms with E-state index in [0.717, 1.165) is 30.8 Å². The molecule has 1 amide bonds. The summed E-state index contributed by atoms with van der Waals surface area (Å²) >= 11 is 0. The SMILES string of the molecule is CCNC(=NCc1cc(C(CC)CC)no1)NCCN(C)C(=O)OC(C)(C)C.I. The first kappa shape index (κ1) is 27.5. The van der Waals surface area contributed by atoms with Crippen molar-refractivity contribution >= 4 is 36.0 Å². The molecule has 0 radical (unpaired) electrons. The van der Waals surface area contributed by atoms with Gasteiger partial charge in [-0.3, -0.25) is 0 Å². The summed E-state index contributed by atoms with van der Waals surface area (Å²) in [6.07, 6.45) is 1.74. The average Bonchev–Trinajstić information content (AvgIpc) is 3.08. The quantitative estimate of drug-likeness (QED) is 0.288. The third-order valence-corrected chi connectivity index (χ3v) is 4.16. The van der Waals surface area contributed by atoms with E-state index in [0.29, 0.717) is 31.5 Å². The van der Waals surface area contributed by atoms with Crippen molar-refractivity contribution in [2.45, 2.75) is 72.4 Å². The number of aromatic nitrogens is 1. The van der Waals surface area contributed by atoms with Gasteiger partial charge in [-0.25, -0.2) is 9.79 Å². The molecule has 2 N–H and O–H groups in total. The number of hydrogen-bond donors (Lipinski definition) is 2. The van der Waals surface area contributed by atoms with E-state index in [1.165, 1.54) is 0 Å². The fourth-order valence-electron chi connectivity index (χ4n) is 2.57. The maximum Gasteiger partial charge on any atom is 0.410 e. The van der Waals surface area contributed by atoms with Crippen molar-refractivity contribution in [1.29, 1.82) is 0 Å². The van der Waals surface area contributed by atoms with E-state index in [1.807, 2.05) is 33.8 Å². The number of rotatable bonds is 9. The monoisotopic (exact) mass is 523 g/mol. The Bertz CT molecular complexity index is 624. The molecule has 8 nitrogen and oxygen atoms in total. The first-order valence-corrected chi connectivity index (χ1v) is 10.1. The first-order chi connectivity index (χ1) is 13.2. The third-order valence-electron chi connectivity index (χ3n) is 4.16. The molecule has 0 saturated carbocycles. The second kappa shape index (κ2) is 13.7. The van der Waals surface area contributed by atoms with Gasteiger partial charge in [0.15, 0.2) is 11.7 Å². The summed E-state index contributed by atoms with van der Waals surface area (Å²) in [5, 5.41) is 10.6. The summed E-state index contributed by atoms with van der Waals surface area (Å²) in [6, 6.07) is 1.99. The van der Waals surface area contributed by atoms with E-state index in [4.69, 9.17) is 9.26 Å². The first-order valence-electron chi connectivity index (χ1n) is 10.1. The highest BCUT2D eigenvalue weighted by molar-refractivity contribution is 14.0. The molecule has 0 unspecified atom stereocenters. The van der Waals surface area contributed by atoms with Crippen LogP contribution in [0.1, 0.15) is 71.8 Å². The van der Waals surface area contributed by atoms with Crippen molar-refractivity contribution in [1.82, 2.24) is 20.7 Å². The maximum absolute atomic E-state index is 12.0. The highest BCUT2D eigenvalue weighted by Crippen LogP contribution is 2.22. The van der Waals surface area contributed by atoms with Crippen molar-refractivity contribution in [3.8, 4) is 0 Å². The Morgan fingerprint density at radius 3 is 2.48 bits per heavy atom. The number of halogens is 1. The zero-order chi connectivity index (χ0) is 21.2. The molecule has 0 aromatic carbocycles. The predicted molar refractivity (Wildman–Crippen MR) is 127 cm³/mol. The number of nitrogens with zero attached hydrogens (tertiary/aromatic N) is 3. The number of carbonyl (C=O) groups excluding carboxylic acids is 1. The molecule has 1 heterocycles. The van der Waals surface area contributed by atoms with Gasteiger partial charge in [-0.1, -0.05) is 19.0 Å². The second-order valence-corrected chi connectivity index (χ2v) is 7.76. The van der Waals surface area contributed by atoms with E-state index >= 15 is 0 Å². The fourth-order valence-corrected chi connectivity index (χ4v) is 2.57. The summed E-state index contributed by atoms with van der Waals surface area (Å²) in [5.74, 6) is 1.83. The van der Waals surface area contributed by atoms with Gasteiger partial charge in [-0.15, -0.1) is 24.0 Å². The molecule has 0 bridgehead atoms. The molecule has 0 aliphatic rings. The minimum atomic E-state index is -0.500. The van der Waals surface area contributed by atoms with Crippen LogP contribution in [0.25, 0.3) is 0 Å². The molecule has 168 valence electrons. The highest BCUT2D eigenvalue weighted by atomic mass is 127. The molecule has 1 rings (SSSR count). The lowest BCUT2D eigenvalue weighted by atomic mass is 9.99. The number of nitrogens with one attached hydrogen (secondary N) is 2. The van der Waals surface area contributed by atoms with Crippen LogP contribution < -0.4 is 10.6 Å². The molecular formula is C20H38IN5O3. The number of amides is 1. The molecule has 0 spiro atoms. The lowest BCUT2D eigenvalue weighted by Gasteiger charge is -2.24. The Labute approximate surface area is 192 Å². The van der Waals surface area contributed by atoms with E-state index in [2.05, 4.69) is 34.6 Å². The number of aliphatic imine (C=N–C) groups is 1. The molecule has 0 saturated heterocycles. The van der Waals surface area contributed by atoms with Gasteiger partial charge in [0.25, 0.3) is 0 Å². The van der Waals surface area contributed by atoms with Crippen molar-refractivity contribution < 1.29 is 14.1 Å². The Morgan fingerprint density at radius 1 is 1.28 bits per heavy atom. The largest absolute Gasteiger partial charge is 0.444 e. The van der Waals surface area contributed by atoms with Crippen LogP contribution in [0, 0.1) is 0 Å². The van der Waals surface area contributed by atoms with Crippen LogP contribution in [-0.4, -0.2) is 54.4 Å². The van der Waals surface area contributed by atoms with E-state index in [1.54, 1.807) is 11.9 Å². The topological polar surface area (TPSA) is 92.0 Å². The average molecular weight is 523 g/mol. The van der Waals surface area contributed by atoms with Gasteiger partial charge in [-0.05, 0) is 40.5 Å². The Hall–Kier alpha value is -1.52. The summed E-state index contributed by atoms with van der Waals surface area (Å²) in [7, 11) is 1.72. The van der Waals surface area contributed by atoms with Gasteiger partial charge >= 0.3 is 6.09 Å². The number of guanidine groups is 1. The summed E-state index contributed by atoms with van der Waals surface area (Å²) in [4.78, 5) is 18.1. The lowest BCUT2D eigenvalue weighted by Crippen LogP contribution is -2.43. The van der Waals surface area contributed by atoms with Crippen LogP contribution in [0.3, 0.4) is 0 Å². The van der Waals surface area contributed by atoms with Gasteiger partial charge in [0.1, 0.15) is 12.1 Å². The van der Waals surface area contributed by atoms with Gasteiger partial charge in [-0.2, -0.15) is 0 Å².